The molecule has 0 radical (unpaired) electrons. The van der Waals surface area contributed by atoms with E-state index < -0.39 is 12.0 Å². The van der Waals surface area contributed by atoms with Gasteiger partial charge in [0.05, 0.1) is 12.8 Å². The second-order valence-corrected chi connectivity index (χ2v) is 5.42. The van der Waals surface area contributed by atoms with E-state index in [4.69, 9.17) is 17.0 Å². The first kappa shape index (κ1) is 17.2. The van der Waals surface area contributed by atoms with Crippen molar-refractivity contribution in [1.29, 1.82) is 0 Å². The van der Waals surface area contributed by atoms with Crippen LogP contribution in [-0.4, -0.2) is 27.7 Å². The molecule has 1 heterocycles. The van der Waals surface area contributed by atoms with E-state index in [2.05, 4.69) is 15.3 Å². The summed E-state index contributed by atoms with van der Waals surface area (Å²) in [6.45, 7) is 2.24. The van der Waals surface area contributed by atoms with Crippen molar-refractivity contribution in [2.75, 3.05) is 6.61 Å². The highest BCUT2D eigenvalue weighted by Crippen LogP contribution is 2.29. The summed E-state index contributed by atoms with van der Waals surface area (Å²) in [6, 6.07) is 11.1. The van der Waals surface area contributed by atoms with Crippen molar-refractivity contribution in [3.8, 4) is 5.75 Å². The van der Waals surface area contributed by atoms with E-state index in [1.807, 2.05) is 37.3 Å². The van der Waals surface area contributed by atoms with Crippen molar-refractivity contribution in [3.05, 3.63) is 52.6 Å². The summed E-state index contributed by atoms with van der Waals surface area (Å²) in [5, 5.41) is 10.9. The Morgan fingerprint density at radius 3 is 2.76 bits per heavy atom. The van der Waals surface area contributed by atoms with Gasteiger partial charge in [-0.1, -0.05) is 30.3 Å². The molecule has 3 aromatic rings. The Hall–Kier alpha value is -2.68. The van der Waals surface area contributed by atoms with Crippen LogP contribution in [0.3, 0.4) is 0 Å². The summed E-state index contributed by atoms with van der Waals surface area (Å²) in [5.41, 5.74) is 0.566. The van der Waals surface area contributed by atoms with Crippen LogP contribution < -0.4 is 4.74 Å². The predicted octanol–water partition coefficient (Wildman–Crippen LogP) is 4.39. The summed E-state index contributed by atoms with van der Waals surface area (Å²) in [7, 11) is 0. The third-order valence-electron chi connectivity index (χ3n) is 3.44. The van der Waals surface area contributed by atoms with E-state index >= 15 is 0 Å². The molecule has 0 aliphatic heterocycles. The molecule has 130 valence electrons. The minimum atomic E-state index is -4.67. The number of aromatic nitrogens is 3. The first-order chi connectivity index (χ1) is 11.9. The van der Waals surface area contributed by atoms with Crippen molar-refractivity contribution in [2.24, 2.45) is 5.10 Å². The Bertz CT molecular complexity index is 991. The van der Waals surface area contributed by atoms with Crippen molar-refractivity contribution >= 4 is 29.2 Å². The molecule has 9 heteroatoms. The highest BCUT2D eigenvalue weighted by molar-refractivity contribution is 7.71. The maximum absolute atomic E-state index is 13.0. The number of ether oxygens (including phenoxy) is 1. The summed E-state index contributed by atoms with van der Waals surface area (Å²) in [6.07, 6.45) is -3.37. The molecule has 0 aliphatic rings. The average molecular weight is 366 g/mol. The van der Waals surface area contributed by atoms with E-state index in [1.165, 1.54) is 6.21 Å². The molecule has 0 bridgehead atoms. The third kappa shape index (κ3) is 3.41. The molecule has 0 unspecified atom stereocenters. The minimum absolute atomic E-state index is 0.248. The van der Waals surface area contributed by atoms with Gasteiger partial charge in [-0.15, -0.1) is 5.10 Å². The zero-order valence-corrected chi connectivity index (χ0v) is 13.9. The molecule has 25 heavy (non-hydrogen) atoms. The Balaban J connectivity index is 2.15. The van der Waals surface area contributed by atoms with Crippen LogP contribution in [0.4, 0.5) is 13.2 Å². The number of nitrogens with zero attached hydrogens (tertiary/aromatic N) is 3. The number of H-pyrrole nitrogens is 1. The number of benzene rings is 2. The van der Waals surface area contributed by atoms with Gasteiger partial charge in [0.15, 0.2) is 0 Å². The molecule has 1 aromatic heterocycles. The predicted molar refractivity (Wildman–Crippen MR) is 90.5 cm³/mol. The fourth-order valence-electron chi connectivity index (χ4n) is 2.39. The van der Waals surface area contributed by atoms with Crippen molar-refractivity contribution in [1.82, 2.24) is 14.9 Å². The van der Waals surface area contributed by atoms with Crippen LogP contribution in [0, 0.1) is 4.77 Å². The van der Waals surface area contributed by atoms with Gasteiger partial charge < -0.3 is 4.74 Å². The quantitative estimate of drug-likeness (QED) is 0.550. The number of halogens is 3. The zero-order valence-electron chi connectivity index (χ0n) is 13.0. The summed E-state index contributed by atoms with van der Waals surface area (Å²) in [5.74, 6) is -0.694. The van der Waals surface area contributed by atoms with Gasteiger partial charge in [-0.25, -0.2) is 5.10 Å². The van der Waals surface area contributed by atoms with E-state index in [0.29, 0.717) is 22.6 Å². The fourth-order valence-corrected chi connectivity index (χ4v) is 2.57. The maximum Gasteiger partial charge on any atom is 0.453 e. The molecule has 1 N–H and O–H groups in total. The number of hydrogen-bond acceptors (Lipinski definition) is 4. The number of rotatable bonds is 4. The van der Waals surface area contributed by atoms with Gasteiger partial charge in [0.1, 0.15) is 5.75 Å². The molecular weight excluding hydrogens is 353 g/mol. The molecule has 5 nitrogen and oxygen atoms in total. The standard InChI is InChI=1S/C16H13F3N4OS/c1-2-24-13-8-7-10-5-3-4-6-11(10)12(13)9-20-23-14(16(17,18)19)21-22-15(23)25/h3-9H,2H2,1H3,(H,22,25)/b20-9+. The fraction of sp³-hybridized carbons (Fsp3) is 0.188. The number of hydrogen-bond donors (Lipinski definition) is 1. The lowest BCUT2D eigenvalue weighted by molar-refractivity contribution is -0.147. The lowest BCUT2D eigenvalue weighted by Gasteiger charge is -2.10. The largest absolute Gasteiger partial charge is 0.493 e. The van der Waals surface area contributed by atoms with Gasteiger partial charge in [0, 0.05) is 5.56 Å². The molecule has 0 spiro atoms. The van der Waals surface area contributed by atoms with E-state index in [9.17, 15) is 13.2 Å². The summed E-state index contributed by atoms with van der Waals surface area (Å²) < 4.78 is 44.8. The summed E-state index contributed by atoms with van der Waals surface area (Å²) >= 11 is 4.84. The van der Waals surface area contributed by atoms with E-state index in [-0.39, 0.29) is 4.77 Å². The van der Waals surface area contributed by atoms with Crippen LogP contribution in [0.15, 0.2) is 41.5 Å². The first-order valence-electron chi connectivity index (χ1n) is 7.35. The number of fused-ring (bicyclic) bond motifs is 1. The van der Waals surface area contributed by atoms with Gasteiger partial charge >= 0.3 is 6.18 Å². The van der Waals surface area contributed by atoms with Gasteiger partial charge in [-0.05, 0) is 36.0 Å². The minimum Gasteiger partial charge on any atom is -0.493 e. The van der Waals surface area contributed by atoms with Crippen molar-refractivity contribution < 1.29 is 17.9 Å². The van der Waals surface area contributed by atoms with Crippen LogP contribution in [-0.2, 0) is 6.18 Å². The van der Waals surface area contributed by atoms with E-state index in [0.717, 1.165) is 10.8 Å². The Kier molecular flexibility index (Phi) is 4.58. The second-order valence-electron chi connectivity index (χ2n) is 5.04. The van der Waals surface area contributed by atoms with Crippen LogP contribution in [0.25, 0.3) is 10.8 Å². The smallest absolute Gasteiger partial charge is 0.453 e. The molecule has 0 saturated carbocycles. The van der Waals surface area contributed by atoms with Crippen LogP contribution in [0.2, 0.25) is 0 Å². The molecule has 2 aromatic carbocycles. The van der Waals surface area contributed by atoms with Gasteiger partial charge in [0.25, 0.3) is 5.82 Å². The SMILES string of the molecule is CCOc1ccc2ccccc2c1/C=N/n1c(C(F)(F)F)n[nH]c1=S. The molecule has 3 rings (SSSR count). The number of alkyl halides is 3. The van der Waals surface area contributed by atoms with Crippen LogP contribution in [0.5, 0.6) is 5.75 Å². The highest BCUT2D eigenvalue weighted by atomic mass is 32.1. The second kappa shape index (κ2) is 6.67. The Morgan fingerprint density at radius 2 is 2.04 bits per heavy atom. The zero-order chi connectivity index (χ0) is 18.0. The molecule has 0 atom stereocenters. The normalized spacial score (nSPS) is 12.2. The summed E-state index contributed by atoms with van der Waals surface area (Å²) in [4.78, 5) is 0. The Labute approximate surface area is 145 Å². The topological polar surface area (TPSA) is 55.2 Å². The van der Waals surface area contributed by atoms with Gasteiger partial charge in [-0.2, -0.15) is 22.9 Å². The van der Waals surface area contributed by atoms with E-state index in [1.54, 1.807) is 6.07 Å². The van der Waals surface area contributed by atoms with Crippen LogP contribution >= 0.6 is 12.2 Å². The van der Waals surface area contributed by atoms with Gasteiger partial charge in [0.2, 0.25) is 4.77 Å². The molecule has 0 amide bonds. The average Bonchev–Trinajstić information content (AvgIpc) is 2.95. The number of nitrogens with one attached hydrogen (secondary N) is 1. The van der Waals surface area contributed by atoms with Gasteiger partial charge in [-0.3, -0.25) is 0 Å². The van der Waals surface area contributed by atoms with Crippen LogP contribution in [0.1, 0.15) is 18.3 Å². The van der Waals surface area contributed by atoms with Crippen molar-refractivity contribution in [2.45, 2.75) is 13.1 Å². The lowest BCUT2D eigenvalue weighted by atomic mass is 10.0. The maximum atomic E-state index is 13.0. The molecule has 0 saturated heterocycles. The number of aromatic amines is 1. The Morgan fingerprint density at radius 1 is 1.28 bits per heavy atom. The highest BCUT2D eigenvalue weighted by Gasteiger charge is 2.37. The molecule has 0 fully saturated rings. The third-order valence-corrected chi connectivity index (χ3v) is 3.70. The lowest BCUT2D eigenvalue weighted by Crippen LogP contribution is -2.13. The molecular formula is C16H13F3N4OS. The van der Waals surface area contributed by atoms with Crippen molar-refractivity contribution in [3.63, 3.8) is 0 Å². The first-order valence-corrected chi connectivity index (χ1v) is 7.76. The molecule has 0 aliphatic carbocycles. The monoisotopic (exact) mass is 366 g/mol.